The SMILES string of the molecule is Cc1cc(C2CCN(C)C2)nc(CNC(C)C)n1. The molecule has 2 heterocycles. The van der Waals surface area contributed by atoms with Crippen molar-refractivity contribution >= 4 is 0 Å². The Morgan fingerprint density at radius 3 is 2.83 bits per heavy atom. The summed E-state index contributed by atoms with van der Waals surface area (Å²) < 4.78 is 0. The van der Waals surface area contributed by atoms with Crippen molar-refractivity contribution in [2.75, 3.05) is 20.1 Å². The summed E-state index contributed by atoms with van der Waals surface area (Å²) >= 11 is 0. The highest BCUT2D eigenvalue weighted by atomic mass is 15.1. The maximum absolute atomic E-state index is 4.72. The molecule has 2 rings (SSSR count). The van der Waals surface area contributed by atoms with Crippen molar-refractivity contribution in [1.29, 1.82) is 0 Å². The number of likely N-dealkylation sites (N-methyl/N-ethyl adjacent to an activating group) is 1. The monoisotopic (exact) mass is 248 g/mol. The Morgan fingerprint density at radius 1 is 1.44 bits per heavy atom. The van der Waals surface area contributed by atoms with Gasteiger partial charge in [-0.25, -0.2) is 9.97 Å². The predicted molar refractivity (Wildman–Crippen MR) is 73.6 cm³/mol. The smallest absolute Gasteiger partial charge is 0.142 e. The zero-order valence-corrected chi connectivity index (χ0v) is 11.9. The average molecular weight is 248 g/mol. The standard InChI is InChI=1S/C14H24N4/c1-10(2)15-8-14-16-11(3)7-13(17-14)12-5-6-18(4)9-12/h7,10,12,15H,5-6,8-9H2,1-4H3. The fraction of sp³-hybridized carbons (Fsp3) is 0.714. The second-order valence-electron chi connectivity index (χ2n) is 5.63. The van der Waals surface area contributed by atoms with Gasteiger partial charge < -0.3 is 10.2 Å². The summed E-state index contributed by atoms with van der Waals surface area (Å²) in [5, 5.41) is 3.38. The summed E-state index contributed by atoms with van der Waals surface area (Å²) in [7, 11) is 2.18. The van der Waals surface area contributed by atoms with E-state index in [4.69, 9.17) is 4.98 Å². The van der Waals surface area contributed by atoms with Gasteiger partial charge in [-0.1, -0.05) is 13.8 Å². The van der Waals surface area contributed by atoms with Gasteiger partial charge in [0.15, 0.2) is 0 Å². The number of rotatable bonds is 4. The summed E-state index contributed by atoms with van der Waals surface area (Å²) in [6, 6.07) is 2.61. The largest absolute Gasteiger partial charge is 0.308 e. The molecular weight excluding hydrogens is 224 g/mol. The summed E-state index contributed by atoms with van der Waals surface area (Å²) in [5.74, 6) is 1.50. The van der Waals surface area contributed by atoms with Crippen LogP contribution in [-0.2, 0) is 6.54 Å². The maximum atomic E-state index is 4.72. The van der Waals surface area contributed by atoms with Gasteiger partial charge in [0.25, 0.3) is 0 Å². The lowest BCUT2D eigenvalue weighted by atomic mass is 10.0. The highest BCUT2D eigenvalue weighted by Gasteiger charge is 2.22. The fourth-order valence-electron chi connectivity index (χ4n) is 2.42. The minimum absolute atomic E-state index is 0.468. The molecule has 0 aromatic carbocycles. The third-order valence-electron chi connectivity index (χ3n) is 3.40. The van der Waals surface area contributed by atoms with Crippen LogP contribution < -0.4 is 5.32 Å². The van der Waals surface area contributed by atoms with Crippen LogP contribution in [0.1, 0.15) is 43.4 Å². The molecule has 4 nitrogen and oxygen atoms in total. The summed E-state index contributed by atoms with van der Waals surface area (Å²) in [5.41, 5.74) is 2.29. The summed E-state index contributed by atoms with van der Waals surface area (Å²) in [6.45, 7) is 9.39. The van der Waals surface area contributed by atoms with Gasteiger partial charge in [-0.3, -0.25) is 0 Å². The van der Waals surface area contributed by atoms with Crippen LogP contribution in [0.5, 0.6) is 0 Å². The van der Waals surface area contributed by atoms with E-state index < -0.39 is 0 Å². The van der Waals surface area contributed by atoms with E-state index in [1.165, 1.54) is 18.7 Å². The first-order chi connectivity index (χ1) is 8.54. The topological polar surface area (TPSA) is 41.1 Å². The van der Waals surface area contributed by atoms with Crippen LogP contribution in [0.4, 0.5) is 0 Å². The molecule has 0 amide bonds. The number of likely N-dealkylation sites (tertiary alicyclic amines) is 1. The molecule has 1 aromatic heterocycles. The molecule has 0 radical (unpaired) electrons. The maximum Gasteiger partial charge on any atom is 0.142 e. The van der Waals surface area contributed by atoms with E-state index in [0.717, 1.165) is 24.6 Å². The highest BCUT2D eigenvalue weighted by Crippen LogP contribution is 2.24. The predicted octanol–water partition coefficient (Wildman–Crippen LogP) is 1.70. The molecule has 1 saturated heterocycles. The van der Waals surface area contributed by atoms with Gasteiger partial charge in [-0.15, -0.1) is 0 Å². The van der Waals surface area contributed by atoms with Gasteiger partial charge in [-0.2, -0.15) is 0 Å². The number of hydrogen-bond acceptors (Lipinski definition) is 4. The molecule has 1 atom stereocenters. The average Bonchev–Trinajstić information content (AvgIpc) is 2.72. The lowest BCUT2D eigenvalue weighted by Crippen LogP contribution is -2.24. The van der Waals surface area contributed by atoms with Crippen molar-refractivity contribution in [3.63, 3.8) is 0 Å². The molecule has 1 N–H and O–H groups in total. The molecule has 0 bridgehead atoms. The zero-order chi connectivity index (χ0) is 13.1. The van der Waals surface area contributed by atoms with E-state index in [2.05, 4.69) is 49.1 Å². The molecular formula is C14H24N4. The Hall–Kier alpha value is -1.00. The molecule has 0 aliphatic carbocycles. The van der Waals surface area contributed by atoms with Gasteiger partial charge in [-0.05, 0) is 33.0 Å². The number of hydrogen-bond donors (Lipinski definition) is 1. The van der Waals surface area contributed by atoms with E-state index in [9.17, 15) is 0 Å². The van der Waals surface area contributed by atoms with Gasteiger partial charge in [0.05, 0.1) is 6.54 Å². The minimum atomic E-state index is 0.468. The van der Waals surface area contributed by atoms with Gasteiger partial charge >= 0.3 is 0 Å². The van der Waals surface area contributed by atoms with Gasteiger partial charge in [0.1, 0.15) is 5.82 Å². The second kappa shape index (κ2) is 5.76. The van der Waals surface area contributed by atoms with Crippen LogP contribution in [-0.4, -0.2) is 41.0 Å². The van der Waals surface area contributed by atoms with Crippen LogP contribution in [0, 0.1) is 6.92 Å². The van der Waals surface area contributed by atoms with Crippen molar-refractivity contribution in [3.8, 4) is 0 Å². The van der Waals surface area contributed by atoms with Gasteiger partial charge in [0.2, 0.25) is 0 Å². The molecule has 1 aliphatic rings. The highest BCUT2D eigenvalue weighted by molar-refractivity contribution is 5.16. The van der Waals surface area contributed by atoms with Crippen molar-refractivity contribution in [2.45, 2.75) is 45.7 Å². The Balaban J connectivity index is 2.11. The van der Waals surface area contributed by atoms with Crippen LogP contribution >= 0.6 is 0 Å². The number of aryl methyl sites for hydroxylation is 1. The Morgan fingerprint density at radius 2 is 2.22 bits per heavy atom. The number of nitrogens with one attached hydrogen (secondary N) is 1. The quantitative estimate of drug-likeness (QED) is 0.880. The summed E-state index contributed by atoms with van der Waals surface area (Å²) in [6.07, 6.45) is 1.21. The molecule has 18 heavy (non-hydrogen) atoms. The van der Waals surface area contributed by atoms with Crippen molar-refractivity contribution in [2.24, 2.45) is 0 Å². The summed E-state index contributed by atoms with van der Waals surface area (Å²) in [4.78, 5) is 11.6. The minimum Gasteiger partial charge on any atom is -0.308 e. The van der Waals surface area contributed by atoms with Crippen molar-refractivity contribution in [1.82, 2.24) is 20.2 Å². The molecule has 0 saturated carbocycles. The Bertz CT molecular complexity index is 403. The van der Waals surface area contributed by atoms with E-state index in [0.29, 0.717) is 12.0 Å². The molecule has 1 fully saturated rings. The third-order valence-corrected chi connectivity index (χ3v) is 3.40. The lowest BCUT2D eigenvalue weighted by molar-refractivity contribution is 0.410. The zero-order valence-electron chi connectivity index (χ0n) is 11.9. The van der Waals surface area contributed by atoms with Crippen LogP contribution in [0.15, 0.2) is 6.07 Å². The number of aromatic nitrogens is 2. The Kier molecular flexibility index (Phi) is 4.30. The lowest BCUT2D eigenvalue weighted by Gasteiger charge is -2.13. The van der Waals surface area contributed by atoms with Gasteiger partial charge in [0, 0.05) is 29.9 Å². The van der Waals surface area contributed by atoms with Crippen LogP contribution in [0.3, 0.4) is 0 Å². The normalized spacial score (nSPS) is 20.8. The first-order valence-electron chi connectivity index (χ1n) is 6.81. The molecule has 1 aliphatic heterocycles. The molecule has 1 aromatic rings. The van der Waals surface area contributed by atoms with Crippen LogP contribution in [0.2, 0.25) is 0 Å². The van der Waals surface area contributed by atoms with E-state index in [-0.39, 0.29) is 0 Å². The van der Waals surface area contributed by atoms with Crippen molar-refractivity contribution in [3.05, 3.63) is 23.3 Å². The molecule has 4 heteroatoms. The van der Waals surface area contributed by atoms with Crippen LogP contribution in [0.25, 0.3) is 0 Å². The first kappa shape index (κ1) is 13.4. The third kappa shape index (κ3) is 3.50. The van der Waals surface area contributed by atoms with Crippen molar-refractivity contribution < 1.29 is 0 Å². The molecule has 0 spiro atoms. The number of nitrogens with zero attached hydrogens (tertiary/aromatic N) is 3. The second-order valence-corrected chi connectivity index (χ2v) is 5.63. The first-order valence-corrected chi connectivity index (χ1v) is 6.81. The molecule has 1 unspecified atom stereocenters. The van der Waals surface area contributed by atoms with E-state index in [1.807, 2.05) is 0 Å². The Labute approximate surface area is 110 Å². The fourth-order valence-corrected chi connectivity index (χ4v) is 2.42. The van der Waals surface area contributed by atoms with E-state index >= 15 is 0 Å². The molecule has 100 valence electrons. The van der Waals surface area contributed by atoms with E-state index in [1.54, 1.807) is 0 Å².